The predicted molar refractivity (Wildman–Crippen MR) is 188 cm³/mol. The first-order valence-corrected chi connectivity index (χ1v) is 19.3. The van der Waals surface area contributed by atoms with Crippen LogP contribution in [-0.4, -0.2) is 74.6 Å². The van der Waals surface area contributed by atoms with Crippen molar-refractivity contribution in [2.45, 2.75) is 172 Å². The van der Waals surface area contributed by atoms with E-state index in [1.165, 1.54) is 22.2 Å². The molecule has 0 bridgehead atoms. The second kappa shape index (κ2) is 9.34. The van der Waals surface area contributed by atoms with Crippen LogP contribution in [0.3, 0.4) is 0 Å². The first kappa shape index (κ1) is 32.6. The van der Waals surface area contributed by atoms with Crippen LogP contribution < -0.4 is 0 Å². The van der Waals surface area contributed by atoms with Crippen molar-refractivity contribution in [1.29, 1.82) is 0 Å². The number of carbonyl (C=O) groups excluding carboxylic acids is 1. The summed E-state index contributed by atoms with van der Waals surface area (Å²) in [5.41, 5.74) is 2.69. The van der Waals surface area contributed by atoms with E-state index in [1.807, 2.05) is 6.08 Å². The molecule has 1 aromatic heterocycles. The number of rotatable bonds is 1. The highest BCUT2D eigenvalue weighted by Crippen LogP contribution is 2.75. The number of ketones is 1. The Balaban J connectivity index is 1.07. The summed E-state index contributed by atoms with van der Waals surface area (Å²) in [5.74, 6) is 0.568. The Hall–Kier alpha value is -2.07. The van der Waals surface area contributed by atoms with Crippen molar-refractivity contribution in [3.05, 3.63) is 46.2 Å². The standard InChI is InChI=1S/C42H55NO7/c1-20(2)17-28-47-32-34(38(7,8)48-28)46-27-14-15-39(9)40(10)21(13-16-41(39,45)42(27)35(32)49-42)18-24-29-23-19-25-30(37(5,6)50-36(25,3)4)31(44)22(23)11-12-26(29)43-33(24)40/h11-12,17,21,25,27-28,30,32,34-35,43,45H,13-16,18-19H2,1-10H3/t21-,25-,27-,28-,30+,32?,34-,35+,39+,40+,41-,42-/m0/s1. The maximum atomic E-state index is 14.3. The summed E-state index contributed by atoms with van der Waals surface area (Å²) in [6, 6.07) is 4.19. The number of epoxide rings is 1. The highest BCUT2D eigenvalue weighted by molar-refractivity contribution is 6.06. The second-order valence-electron chi connectivity index (χ2n) is 19.6. The summed E-state index contributed by atoms with van der Waals surface area (Å²) >= 11 is 0. The molecule has 1 aromatic carbocycles. The van der Waals surface area contributed by atoms with Gasteiger partial charge in [0.15, 0.2) is 17.7 Å². The number of fused-ring (bicyclic) bond motifs is 12. The van der Waals surface area contributed by atoms with Crippen LogP contribution in [0.2, 0.25) is 0 Å². The topological polar surface area (TPSA) is 103 Å². The number of Topliss-reactive ketones (excluding diaryl/α,β-unsaturated/α-hetero) is 1. The van der Waals surface area contributed by atoms with E-state index in [2.05, 4.69) is 86.4 Å². The fourth-order valence-electron chi connectivity index (χ4n) is 13.6. The number of nitrogens with one attached hydrogen (secondary N) is 1. The molecule has 1 unspecified atom stereocenters. The predicted octanol–water partition coefficient (Wildman–Crippen LogP) is 6.87. The van der Waals surface area contributed by atoms with Gasteiger partial charge in [0, 0.05) is 38.9 Å². The lowest BCUT2D eigenvalue weighted by Gasteiger charge is -2.66. The highest BCUT2D eigenvalue weighted by Gasteiger charge is 2.87. The van der Waals surface area contributed by atoms with E-state index < -0.39 is 34.1 Å². The van der Waals surface area contributed by atoms with Crippen molar-refractivity contribution in [2.24, 2.45) is 23.2 Å². The van der Waals surface area contributed by atoms with E-state index in [9.17, 15) is 9.90 Å². The van der Waals surface area contributed by atoms with Gasteiger partial charge in [-0.2, -0.15) is 0 Å². The number of hydrogen-bond acceptors (Lipinski definition) is 7. The minimum Gasteiger partial charge on any atom is -0.386 e. The molecule has 5 heterocycles. The lowest BCUT2D eigenvalue weighted by molar-refractivity contribution is -0.343. The summed E-state index contributed by atoms with van der Waals surface area (Å²) in [6.07, 6.45) is 5.41. The van der Waals surface area contributed by atoms with E-state index in [-0.39, 0.29) is 53.1 Å². The van der Waals surface area contributed by atoms with Crippen LogP contribution in [0.1, 0.15) is 122 Å². The highest BCUT2D eigenvalue weighted by atomic mass is 16.8. The SMILES string of the molecule is CC(C)=C[C@H]1OC2[C@H]3O[C@@]34[C@H](CC[C@@]3(C)[C@@]4(O)CC[C@H]4Cc5c([nH]c6ccc7c(c56)C[C@H]5[C@H](C7=O)C(C)(C)OC5(C)C)[C@@]43C)O[C@@H]2C(C)(C)O1. The van der Waals surface area contributed by atoms with Crippen LogP contribution in [0.25, 0.3) is 10.9 Å². The van der Waals surface area contributed by atoms with Crippen molar-refractivity contribution < 1.29 is 33.6 Å². The normalized spacial score (nSPS) is 48.3. The van der Waals surface area contributed by atoms with Crippen molar-refractivity contribution in [3.63, 3.8) is 0 Å². The largest absolute Gasteiger partial charge is 0.386 e. The zero-order valence-corrected chi connectivity index (χ0v) is 31.5. The van der Waals surface area contributed by atoms with Gasteiger partial charge in [0.05, 0.1) is 28.8 Å². The summed E-state index contributed by atoms with van der Waals surface area (Å²) in [7, 11) is 0. The van der Waals surface area contributed by atoms with Gasteiger partial charge in [-0.3, -0.25) is 4.79 Å². The first-order valence-electron chi connectivity index (χ1n) is 19.3. The van der Waals surface area contributed by atoms with E-state index in [0.29, 0.717) is 12.3 Å². The molecule has 2 saturated carbocycles. The minimum absolute atomic E-state index is 0.123. The Morgan fingerprint density at radius 1 is 0.880 bits per heavy atom. The molecule has 6 fully saturated rings. The Labute approximate surface area is 296 Å². The smallest absolute Gasteiger partial charge is 0.178 e. The molecule has 4 saturated heterocycles. The molecule has 8 heteroatoms. The lowest BCUT2D eigenvalue weighted by atomic mass is 9.40. The van der Waals surface area contributed by atoms with Crippen LogP contribution >= 0.6 is 0 Å². The van der Waals surface area contributed by atoms with Crippen LogP contribution in [0, 0.1) is 23.2 Å². The molecular weight excluding hydrogens is 630 g/mol. The average molecular weight is 686 g/mol. The number of ether oxygens (including phenoxy) is 5. The molecule has 1 spiro atoms. The minimum atomic E-state index is -1.11. The molecule has 4 aliphatic heterocycles. The summed E-state index contributed by atoms with van der Waals surface area (Å²) in [4.78, 5) is 18.2. The van der Waals surface area contributed by atoms with E-state index in [0.717, 1.165) is 48.8 Å². The van der Waals surface area contributed by atoms with Crippen molar-refractivity contribution in [1.82, 2.24) is 4.98 Å². The number of aliphatic hydroxyl groups is 1. The van der Waals surface area contributed by atoms with Gasteiger partial charge < -0.3 is 33.8 Å². The van der Waals surface area contributed by atoms with Gasteiger partial charge in [-0.05, 0) is 129 Å². The van der Waals surface area contributed by atoms with Gasteiger partial charge in [0.1, 0.15) is 23.9 Å². The monoisotopic (exact) mass is 685 g/mol. The number of aromatic nitrogens is 1. The number of H-pyrrole nitrogens is 1. The van der Waals surface area contributed by atoms with Crippen molar-refractivity contribution in [3.8, 4) is 0 Å². The van der Waals surface area contributed by atoms with Crippen molar-refractivity contribution >= 4 is 16.7 Å². The molecule has 10 rings (SSSR count). The third kappa shape index (κ3) is 3.54. The van der Waals surface area contributed by atoms with Gasteiger partial charge in [-0.15, -0.1) is 0 Å². The van der Waals surface area contributed by atoms with Gasteiger partial charge in [-0.1, -0.05) is 19.4 Å². The summed E-state index contributed by atoms with van der Waals surface area (Å²) in [6.45, 7) is 21.5. The van der Waals surface area contributed by atoms with Crippen LogP contribution in [-0.2, 0) is 41.9 Å². The average Bonchev–Trinajstić information content (AvgIpc) is 3.51. The molecular formula is C42H55NO7. The van der Waals surface area contributed by atoms with Crippen LogP contribution in [0.4, 0.5) is 0 Å². The van der Waals surface area contributed by atoms with Crippen LogP contribution in [0.5, 0.6) is 0 Å². The molecule has 2 N–H and O–H groups in total. The molecule has 12 atom stereocenters. The quantitative estimate of drug-likeness (QED) is 0.250. The molecule has 2 aromatic rings. The molecule has 4 aliphatic carbocycles. The third-order valence-electron chi connectivity index (χ3n) is 15.9. The van der Waals surface area contributed by atoms with Gasteiger partial charge >= 0.3 is 0 Å². The van der Waals surface area contributed by atoms with Gasteiger partial charge in [0.2, 0.25) is 0 Å². The maximum Gasteiger partial charge on any atom is 0.178 e. The van der Waals surface area contributed by atoms with E-state index in [4.69, 9.17) is 23.7 Å². The summed E-state index contributed by atoms with van der Waals surface area (Å²) in [5, 5.41) is 14.7. The number of aromatic amines is 1. The molecule has 0 amide bonds. The summed E-state index contributed by atoms with van der Waals surface area (Å²) < 4.78 is 33.4. The Kier molecular flexibility index (Phi) is 6.09. The zero-order valence-electron chi connectivity index (χ0n) is 31.5. The second-order valence-corrected chi connectivity index (χ2v) is 19.6. The molecule has 0 radical (unpaired) electrons. The zero-order chi connectivity index (χ0) is 35.3. The molecule has 50 heavy (non-hydrogen) atoms. The molecule has 270 valence electrons. The fraction of sp³-hybridized carbons (Fsp3) is 0.738. The number of carbonyl (C=O) groups is 1. The van der Waals surface area contributed by atoms with Crippen molar-refractivity contribution in [2.75, 3.05) is 0 Å². The number of allylic oxidation sites excluding steroid dienone is 1. The van der Waals surface area contributed by atoms with E-state index >= 15 is 0 Å². The molecule has 8 nitrogen and oxygen atoms in total. The fourth-order valence-corrected chi connectivity index (χ4v) is 13.6. The maximum absolute atomic E-state index is 14.3. The number of benzene rings is 1. The first-order chi connectivity index (χ1) is 23.3. The van der Waals surface area contributed by atoms with Gasteiger partial charge in [-0.25, -0.2) is 0 Å². The van der Waals surface area contributed by atoms with E-state index in [1.54, 1.807) is 0 Å². The van der Waals surface area contributed by atoms with Gasteiger partial charge in [0.25, 0.3) is 0 Å². The number of hydrogen-bond donors (Lipinski definition) is 2. The van der Waals surface area contributed by atoms with Crippen LogP contribution in [0.15, 0.2) is 23.8 Å². The Morgan fingerprint density at radius 2 is 1.64 bits per heavy atom. The lowest BCUT2D eigenvalue weighted by Crippen LogP contribution is -2.77. The Morgan fingerprint density at radius 3 is 2.38 bits per heavy atom. The third-order valence-corrected chi connectivity index (χ3v) is 15.9. The Bertz CT molecular complexity index is 1900. The molecule has 8 aliphatic rings.